The van der Waals surface area contributed by atoms with E-state index in [1.165, 1.54) is 0 Å². The Balaban J connectivity index is 1.64. The van der Waals surface area contributed by atoms with E-state index in [9.17, 15) is 9.59 Å². The standard InChI is InChI=1S/C21H26N2O3/c1-21(2,3)26-20(25)18-15-9-6-8-14(15)12-23(18)19(24)17-11-13-7-4-5-10-16(13)22-17/h4-5,7,10-11,14-15,18,22H,6,8-9,12H2,1-3H3/t14-,15-,18-/m0/s1. The minimum atomic E-state index is -0.552. The zero-order chi connectivity index (χ0) is 18.5. The Morgan fingerprint density at radius 3 is 2.69 bits per heavy atom. The first kappa shape index (κ1) is 17.1. The summed E-state index contributed by atoms with van der Waals surface area (Å²) in [6.45, 7) is 6.25. The zero-order valence-electron chi connectivity index (χ0n) is 15.6. The molecule has 2 aromatic rings. The van der Waals surface area contributed by atoms with Crippen LogP contribution in [0.4, 0.5) is 0 Å². The Morgan fingerprint density at radius 1 is 1.19 bits per heavy atom. The summed E-state index contributed by atoms with van der Waals surface area (Å²) in [5.74, 6) is 0.252. The van der Waals surface area contributed by atoms with Crippen LogP contribution in [0, 0.1) is 11.8 Å². The van der Waals surface area contributed by atoms with Gasteiger partial charge in [-0.25, -0.2) is 4.79 Å². The summed E-state index contributed by atoms with van der Waals surface area (Å²) in [6.07, 6.45) is 3.20. The minimum absolute atomic E-state index is 0.105. The van der Waals surface area contributed by atoms with Crippen molar-refractivity contribution in [1.29, 1.82) is 0 Å². The van der Waals surface area contributed by atoms with Crippen molar-refractivity contribution in [3.8, 4) is 0 Å². The fraction of sp³-hybridized carbons (Fsp3) is 0.524. The maximum atomic E-state index is 13.2. The van der Waals surface area contributed by atoms with Crippen LogP contribution in [0.15, 0.2) is 30.3 Å². The van der Waals surface area contributed by atoms with Crippen molar-refractivity contribution in [2.45, 2.75) is 51.7 Å². The molecule has 5 nitrogen and oxygen atoms in total. The molecule has 3 atom stereocenters. The monoisotopic (exact) mass is 354 g/mol. The Hall–Kier alpha value is -2.30. The Labute approximate surface area is 153 Å². The average Bonchev–Trinajstić information content (AvgIpc) is 3.25. The molecule has 1 N–H and O–H groups in total. The van der Waals surface area contributed by atoms with Gasteiger partial charge in [-0.15, -0.1) is 0 Å². The van der Waals surface area contributed by atoms with E-state index in [2.05, 4.69) is 4.98 Å². The van der Waals surface area contributed by atoms with Crippen molar-refractivity contribution in [3.63, 3.8) is 0 Å². The van der Waals surface area contributed by atoms with E-state index in [4.69, 9.17) is 4.74 Å². The van der Waals surface area contributed by atoms with Gasteiger partial charge in [0.2, 0.25) is 0 Å². The molecule has 2 aliphatic rings. The van der Waals surface area contributed by atoms with Crippen LogP contribution in [0.2, 0.25) is 0 Å². The van der Waals surface area contributed by atoms with E-state index in [0.29, 0.717) is 18.2 Å². The lowest BCUT2D eigenvalue weighted by atomic mass is 9.94. The van der Waals surface area contributed by atoms with Crippen molar-refractivity contribution in [2.24, 2.45) is 11.8 Å². The van der Waals surface area contributed by atoms with E-state index < -0.39 is 11.6 Å². The quantitative estimate of drug-likeness (QED) is 0.836. The third-order valence-corrected chi connectivity index (χ3v) is 5.56. The molecule has 0 spiro atoms. The van der Waals surface area contributed by atoms with Gasteiger partial charge >= 0.3 is 5.97 Å². The molecule has 1 saturated carbocycles. The van der Waals surface area contributed by atoms with E-state index >= 15 is 0 Å². The zero-order valence-corrected chi connectivity index (χ0v) is 15.6. The lowest BCUT2D eigenvalue weighted by Crippen LogP contribution is -2.46. The number of nitrogens with one attached hydrogen (secondary N) is 1. The first-order valence-corrected chi connectivity index (χ1v) is 9.45. The summed E-state index contributed by atoms with van der Waals surface area (Å²) in [4.78, 5) is 31.1. The summed E-state index contributed by atoms with van der Waals surface area (Å²) >= 11 is 0. The molecular weight excluding hydrogens is 328 g/mol. The van der Waals surface area contributed by atoms with Crippen molar-refractivity contribution in [2.75, 3.05) is 6.54 Å². The molecular formula is C21H26N2O3. The molecule has 1 amide bonds. The molecule has 0 unspecified atom stereocenters. The van der Waals surface area contributed by atoms with Crippen molar-refractivity contribution in [1.82, 2.24) is 9.88 Å². The number of likely N-dealkylation sites (tertiary alicyclic amines) is 1. The molecule has 26 heavy (non-hydrogen) atoms. The van der Waals surface area contributed by atoms with Crippen LogP contribution in [0.3, 0.4) is 0 Å². The van der Waals surface area contributed by atoms with Crippen molar-refractivity contribution >= 4 is 22.8 Å². The van der Waals surface area contributed by atoms with Crippen LogP contribution < -0.4 is 0 Å². The fourth-order valence-electron chi connectivity index (χ4n) is 4.52. The topological polar surface area (TPSA) is 62.4 Å². The van der Waals surface area contributed by atoms with Gasteiger partial charge in [0, 0.05) is 17.4 Å². The summed E-state index contributed by atoms with van der Waals surface area (Å²) in [7, 11) is 0. The third kappa shape index (κ3) is 3.00. The van der Waals surface area contributed by atoms with Gasteiger partial charge in [-0.3, -0.25) is 4.79 Å². The number of fused-ring (bicyclic) bond motifs is 2. The van der Waals surface area contributed by atoms with Gasteiger partial charge in [-0.2, -0.15) is 0 Å². The Bertz CT molecular complexity index is 815. The second kappa shape index (κ2) is 6.15. The fourth-order valence-corrected chi connectivity index (χ4v) is 4.52. The normalized spacial score (nSPS) is 25.5. The summed E-state index contributed by atoms with van der Waals surface area (Å²) < 4.78 is 5.66. The maximum absolute atomic E-state index is 13.2. The first-order chi connectivity index (χ1) is 12.3. The van der Waals surface area contributed by atoms with Gasteiger partial charge in [0.15, 0.2) is 0 Å². The molecule has 138 valence electrons. The number of amides is 1. The average molecular weight is 354 g/mol. The molecule has 0 bridgehead atoms. The molecule has 5 heteroatoms. The van der Waals surface area contributed by atoms with Crippen LogP contribution in [-0.4, -0.2) is 39.9 Å². The van der Waals surface area contributed by atoms with E-state index in [1.54, 1.807) is 4.90 Å². The van der Waals surface area contributed by atoms with Gasteiger partial charge in [-0.05, 0) is 57.6 Å². The molecule has 1 aliphatic carbocycles. The highest BCUT2D eigenvalue weighted by atomic mass is 16.6. The van der Waals surface area contributed by atoms with Gasteiger partial charge < -0.3 is 14.6 Å². The number of carbonyl (C=O) groups is 2. The summed E-state index contributed by atoms with van der Waals surface area (Å²) in [5.41, 5.74) is 0.924. The number of esters is 1. The highest BCUT2D eigenvalue weighted by Crippen LogP contribution is 2.43. The second-order valence-electron chi connectivity index (χ2n) is 8.56. The number of aromatic amines is 1. The number of H-pyrrole nitrogens is 1. The van der Waals surface area contributed by atoms with Gasteiger partial charge in [-0.1, -0.05) is 24.6 Å². The van der Waals surface area contributed by atoms with Gasteiger partial charge in [0.1, 0.15) is 17.3 Å². The van der Waals surface area contributed by atoms with Crippen LogP contribution in [-0.2, 0) is 9.53 Å². The predicted molar refractivity (Wildman–Crippen MR) is 99.8 cm³/mol. The van der Waals surface area contributed by atoms with E-state index in [1.807, 2.05) is 51.1 Å². The van der Waals surface area contributed by atoms with Gasteiger partial charge in [0.05, 0.1) is 0 Å². The van der Waals surface area contributed by atoms with Crippen LogP contribution in [0.5, 0.6) is 0 Å². The number of hydrogen-bond donors (Lipinski definition) is 1. The van der Waals surface area contributed by atoms with Gasteiger partial charge in [0.25, 0.3) is 5.91 Å². The number of benzene rings is 1. The third-order valence-electron chi connectivity index (χ3n) is 5.56. The summed E-state index contributed by atoms with van der Waals surface area (Å²) in [5, 5.41) is 1.00. The number of hydrogen-bond acceptors (Lipinski definition) is 3. The van der Waals surface area contributed by atoms with Crippen molar-refractivity contribution in [3.05, 3.63) is 36.0 Å². The predicted octanol–water partition coefficient (Wildman–Crippen LogP) is 3.75. The molecule has 1 aromatic carbocycles. The molecule has 4 rings (SSSR count). The number of para-hydroxylation sites is 1. The second-order valence-corrected chi connectivity index (χ2v) is 8.56. The minimum Gasteiger partial charge on any atom is -0.458 e. The lowest BCUT2D eigenvalue weighted by Gasteiger charge is -2.29. The molecule has 2 heterocycles. The Kier molecular flexibility index (Phi) is 4.05. The largest absolute Gasteiger partial charge is 0.458 e. The molecule has 0 radical (unpaired) electrons. The van der Waals surface area contributed by atoms with Crippen LogP contribution in [0.1, 0.15) is 50.5 Å². The molecule has 1 aromatic heterocycles. The summed E-state index contributed by atoms with van der Waals surface area (Å²) in [6, 6.07) is 9.23. The number of ether oxygens (including phenoxy) is 1. The molecule has 2 fully saturated rings. The highest BCUT2D eigenvalue weighted by Gasteiger charge is 2.51. The number of nitrogens with zero attached hydrogens (tertiary/aromatic N) is 1. The highest BCUT2D eigenvalue weighted by molar-refractivity contribution is 6.00. The van der Waals surface area contributed by atoms with E-state index in [0.717, 1.165) is 30.2 Å². The number of carbonyl (C=O) groups excluding carboxylic acids is 2. The Morgan fingerprint density at radius 2 is 1.96 bits per heavy atom. The molecule has 1 aliphatic heterocycles. The van der Waals surface area contributed by atoms with Crippen LogP contribution in [0.25, 0.3) is 10.9 Å². The van der Waals surface area contributed by atoms with Crippen molar-refractivity contribution < 1.29 is 14.3 Å². The maximum Gasteiger partial charge on any atom is 0.329 e. The smallest absolute Gasteiger partial charge is 0.329 e. The number of aromatic nitrogens is 1. The first-order valence-electron chi connectivity index (χ1n) is 9.45. The molecule has 1 saturated heterocycles. The lowest BCUT2D eigenvalue weighted by molar-refractivity contribution is -0.160. The van der Waals surface area contributed by atoms with Crippen LogP contribution >= 0.6 is 0 Å². The SMILES string of the molecule is CC(C)(C)OC(=O)[C@@H]1[C@H]2CCC[C@H]2CN1C(=O)c1cc2ccccc2[nH]1. The number of rotatable bonds is 2. The van der Waals surface area contributed by atoms with E-state index in [-0.39, 0.29) is 17.8 Å².